The minimum atomic E-state index is -0.993. The quantitative estimate of drug-likeness (QED) is 0.198. The molecular weight excluding hydrogens is 641 g/mol. The average Bonchev–Trinajstić information content (AvgIpc) is 2.87. The van der Waals surface area contributed by atoms with Crippen LogP contribution in [0.2, 0.25) is 0 Å². The molecule has 184 valence electrons. The van der Waals surface area contributed by atoms with Gasteiger partial charge in [-0.2, -0.15) is 9.78 Å². The van der Waals surface area contributed by atoms with Gasteiger partial charge in [-0.1, -0.05) is 35.0 Å². The van der Waals surface area contributed by atoms with Crippen LogP contribution in [0.1, 0.15) is 34.2 Å². The molecule has 4 rings (SSSR count). The lowest BCUT2D eigenvalue weighted by atomic mass is 10.1. The van der Waals surface area contributed by atoms with Crippen LogP contribution in [-0.2, 0) is 13.0 Å². The highest BCUT2D eigenvalue weighted by Crippen LogP contribution is 2.34. The Bertz CT molecular complexity index is 1550. The first-order valence-electron chi connectivity index (χ1n) is 10.9. The first kappa shape index (κ1) is 25.8. The number of ether oxygens (including phenoxy) is 2. The van der Waals surface area contributed by atoms with Crippen LogP contribution in [0.25, 0.3) is 10.9 Å². The van der Waals surface area contributed by atoms with Gasteiger partial charge in [-0.15, -0.1) is 0 Å². The molecule has 0 aliphatic rings. The summed E-state index contributed by atoms with van der Waals surface area (Å²) in [7, 11) is 1.54. The fraction of sp³-hybridized carbons (Fsp3) is 0.154. The van der Waals surface area contributed by atoms with Crippen molar-refractivity contribution in [2.45, 2.75) is 20.0 Å². The molecule has 4 aromatic rings. The van der Waals surface area contributed by atoms with Gasteiger partial charge in [0.25, 0.3) is 5.56 Å². The van der Waals surface area contributed by atoms with Crippen molar-refractivity contribution in [1.29, 1.82) is 0 Å². The van der Waals surface area contributed by atoms with E-state index in [1.54, 1.807) is 42.6 Å². The Morgan fingerprint density at radius 2 is 2.03 bits per heavy atom. The zero-order valence-corrected chi connectivity index (χ0v) is 23.1. The number of aryl methyl sites for hydroxylation is 1. The lowest BCUT2D eigenvalue weighted by Crippen LogP contribution is -2.22. The van der Waals surface area contributed by atoms with E-state index in [-0.39, 0.29) is 17.7 Å². The van der Waals surface area contributed by atoms with Crippen LogP contribution < -0.4 is 15.0 Å². The van der Waals surface area contributed by atoms with Crippen LogP contribution in [0, 0.1) is 3.57 Å². The zero-order valence-electron chi connectivity index (χ0n) is 19.4. The first-order chi connectivity index (χ1) is 17.3. The number of aromatic nitrogens is 2. The molecule has 1 aromatic heterocycles. The van der Waals surface area contributed by atoms with Crippen molar-refractivity contribution in [1.82, 2.24) is 9.66 Å². The Hall–Kier alpha value is -3.25. The van der Waals surface area contributed by atoms with E-state index in [4.69, 9.17) is 9.47 Å². The molecule has 0 radical (unpaired) electrons. The largest absolute Gasteiger partial charge is 0.493 e. The third kappa shape index (κ3) is 5.59. The highest BCUT2D eigenvalue weighted by molar-refractivity contribution is 14.1. The molecule has 1 heterocycles. The van der Waals surface area contributed by atoms with Gasteiger partial charge in [0, 0.05) is 10.9 Å². The van der Waals surface area contributed by atoms with Gasteiger partial charge in [-0.25, -0.2) is 9.78 Å². The second kappa shape index (κ2) is 11.2. The van der Waals surface area contributed by atoms with Crippen molar-refractivity contribution in [2.75, 3.05) is 7.11 Å². The number of aromatic carboxylic acids is 1. The Balaban J connectivity index is 1.64. The number of methoxy groups -OCH3 is 1. The van der Waals surface area contributed by atoms with Crippen molar-refractivity contribution < 1.29 is 19.4 Å². The third-order valence-corrected chi connectivity index (χ3v) is 6.62. The predicted molar refractivity (Wildman–Crippen MR) is 150 cm³/mol. The van der Waals surface area contributed by atoms with E-state index in [0.717, 1.165) is 13.6 Å². The van der Waals surface area contributed by atoms with Gasteiger partial charge < -0.3 is 14.6 Å². The summed E-state index contributed by atoms with van der Waals surface area (Å²) < 4.78 is 14.4. The summed E-state index contributed by atoms with van der Waals surface area (Å²) in [6, 6.07) is 15.6. The maximum Gasteiger partial charge on any atom is 0.335 e. The van der Waals surface area contributed by atoms with Crippen molar-refractivity contribution in [3.05, 3.63) is 95.5 Å². The molecule has 0 aliphatic heterocycles. The monoisotopic (exact) mass is 661 g/mol. The number of carboxylic acid groups (broad SMARTS) is 1. The van der Waals surface area contributed by atoms with Gasteiger partial charge in [0.1, 0.15) is 12.4 Å². The first-order valence-corrected chi connectivity index (χ1v) is 12.8. The van der Waals surface area contributed by atoms with Crippen molar-refractivity contribution in [2.24, 2.45) is 5.10 Å². The molecular formula is C26H21BrIN3O5. The molecule has 36 heavy (non-hydrogen) atoms. The van der Waals surface area contributed by atoms with Crippen molar-refractivity contribution >= 4 is 61.6 Å². The summed E-state index contributed by atoms with van der Waals surface area (Å²) in [6.45, 7) is 2.09. The number of carbonyl (C=O) groups is 1. The minimum Gasteiger partial charge on any atom is -0.493 e. The van der Waals surface area contributed by atoms with Gasteiger partial charge in [0.05, 0.1) is 33.4 Å². The lowest BCUT2D eigenvalue weighted by Gasteiger charge is -2.14. The molecule has 0 spiro atoms. The predicted octanol–water partition coefficient (Wildman–Crippen LogP) is 5.49. The van der Waals surface area contributed by atoms with Crippen LogP contribution in [0.3, 0.4) is 0 Å². The van der Waals surface area contributed by atoms with Crippen LogP contribution >= 0.6 is 38.5 Å². The standard InChI is InChI=1S/C26H21BrIN3O5/c1-3-23-30-21-8-7-18(27)12-19(21)25(32)31(23)29-13-16-10-20(28)24(22(11-16)35-2)36-14-15-5-4-6-17(9-15)26(33)34/h4-13H,3,14H2,1-2H3,(H,33,34). The molecule has 0 atom stereocenters. The number of rotatable bonds is 8. The molecule has 1 N–H and O–H groups in total. The summed E-state index contributed by atoms with van der Waals surface area (Å²) in [6.07, 6.45) is 2.12. The fourth-order valence-corrected chi connectivity index (χ4v) is 4.71. The Kier molecular flexibility index (Phi) is 8.04. The van der Waals surface area contributed by atoms with Gasteiger partial charge in [-0.3, -0.25) is 4.79 Å². The summed E-state index contributed by atoms with van der Waals surface area (Å²) in [4.78, 5) is 28.9. The number of carboxylic acids is 1. The van der Waals surface area contributed by atoms with E-state index in [2.05, 4.69) is 48.6 Å². The number of benzene rings is 3. The van der Waals surface area contributed by atoms with Crippen LogP contribution in [0.15, 0.2) is 69.0 Å². The van der Waals surface area contributed by atoms with Gasteiger partial charge in [0.15, 0.2) is 11.5 Å². The molecule has 0 fully saturated rings. The SMILES string of the molecule is CCc1nc2ccc(Br)cc2c(=O)n1N=Cc1cc(I)c(OCc2cccc(C(=O)O)c2)c(OC)c1. The Morgan fingerprint density at radius 1 is 1.22 bits per heavy atom. The molecule has 10 heteroatoms. The highest BCUT2D eigenvalue weighted by atomic mass is 127. The smallest absolute Gasteiger partial charge is 0.335 e. The van der Waals surface area contributed by atoms with E-state index in [9.17, 15) is 14.7 Å². The normalized spacial score (nSPS) is 11.2. The fourth-order valence-electron chi connectivity index (χ4n) is 3.57. The van der Waals surface area contributed by atoms with Gasteiger partial charge in [-0.05, 0) is 76.2 Å². The number of hydrogen-bond acceptors (Lipinski definition) is 6. The molecule has 8 nitrogen and oxygen atoms in total. The second-order valence-corrected chi connectivity index (χ2v) is 9.81. The molecule has 0 amide bonds. The summed E-state index contributed by atoms with van der Waals surface area (Å²) >= 11 is 5.54. The van der Waals surface area contributed by atoms with Crippen LogP contribution in [0.5, 0.6) is 11.5 Å². The van der Waals surface area contributed by atoms with Crippen LogP contribution in [-0.4, -0.2) is 34.1 Å². The molecule has 0 bridgehead atoms. The Labute approximate surface area is 228 Å². The maximum atomic E-state index is 13.1. The molecule has 0 aliphatic carbocycles. The zero-order chi connectivity index (χ0) is 25.8. The molecule has 0 unspecified atom stereocenters. The number of halogens is 2. The maximum absolute atomic E-state index is 13.1. The Morgan fingerprint density at radius 3 is 2.75 bits per heavy atom. The molecule has 0 saturated carbocycles. The number of nitrogens with zero attached hydrogens (tertiary/aromatic N) is 3. The molecule has 0 saturated heterocycles. The van der Waals surface area contributed by atoms with Crippen molar-refractivity contribution in [3.8, 4) is 11.5 Å². The summed E-state index contributed by atoms with van der Waals surface area (Å²) in [5, 5.41) is 14.1. The lowest BCUT2D eigenvalue weighted by molar-refractivity contribution is 0.0696. The van der Waals surface area contributed by atoms with Crippen molar-refractivity contribution in [3.63, 3.8) is 0 Å². The molecule has 3 aromatic carbocycles. The van der Waals surface area contributed by atoms with E-state index in [1.165, 1.54) is 17.9 Å². The minimum absolute atomic E-state index is 0.175. The van der Waals surface area contributed by atoms with E-state index < -0.39 is 5.97 Å². The summed E-state index contributed by atoms with van der Waals surface area (Å²) in [5.74, 6) is 0.574. The third-order valence-electron chi connectivity index (χ3n) is 5.32. The van der Waals surface area contributed by atoms with Crippen LogP contribution in [0.4, 0.5) is 0 Å². The van der Waals surface area contributed by atoms with Gasteiger partial charge >= 0.3 is 5.97 Å². The second-order valence-electron chi connectivity index (χ2n) is 7.73. The average molecular weight is 662 g/mol. The highest BCUT2D eigenvalue weighted by Gasteiger charge is 2.13. The summed E-state index contributed by atoms with van der Waals surface area (Å²) in [5.41, 5.74) is 2.00. The topological polar surface area (TPSA) is 103 Å². The number of fused-ring (bicyclic) bond motifs is 1. The van der Waals surface area contributed by atoms with E-state index >= 15 is 0 Å². The number of hydrogen-bond donors (Lipinski definition) is 1. The van der Waals surface area contributed by atoms with E-state index in [1.807, 2.05) is 19.1 Å². The van der Waals surface area contributed by atoms with E-state index in [0.29, 0.717) is 40.2 Å². The van der Waals surface area contributed by atoms with Gasteiger partial charge in [0.2, 0.25) is 0 Å².